The average molecular weight is 262 g/mol. The molecule has 1 N–H and O–H groups in total. The lowest BCUT2D eigenvalue weighted by Crippen LogP contribution is -2.54. The van der Waals surface area contributed by atoms with Crippen LogP contribution in [0.15, 0.2) is 28.7 Å². The largest absolute Gasteiger partial charge is 0.465 e. The predicted molar refractivity (Wildman–Crippen MR) is 70.2 cm³/mol. The summed E-state index contributed by atoms with van der Waals surface area (Å²) in [5.74, 6) is 1.19. The van der Waals surface area contributed by atoms with Crippen molar-refractivity contribution in [2.45, 2.75) is 32.9 Å². The Morgan fingerprint density at radius 3 is 2.79 bits per heavy atom. The molecular formula is C14H18N2O3. The Morgan fingerprint density at radius 2 is 2.21 bits per heavy atom. The molecule has 2 heterocycles. The van der Waals surface area contributed by atoms with Crippen molar-refractivity contribution in [3.8, 4) is 0 Å². The van der Waals surface area contributed by atoms with Crippen molar-refractivity contribution in [1.29, 1.82) is 0 Å². The second kappa shape index (κ2) is 4.91. The van der Waals surface area contributed by atoms with Crippen LogP contribution in [0.5, 0.6) is 0 Å². The zero-order valence-corrected chi connectivity index (χ0v) is 11.4. The number of rotatable bonds is 3. The maximum absolute atomic E-state index is 12.3. The summed E-state index contributed by atoms with van der Waals surface area (Å²) in [5, 5.41) is 2.80. The molecule has 0 aliphatic carbocycles. The molecule has 1 aromatic rings. The highest BCUT2D eigenvalue weighted by Crippen LogP contribution is 2.23. The Balaban J connectivity index is 2.02. The number of furan rings is 1. The molecule has 0 fully saturated rings. The Bertz CT molecular complexity index is 533. The first-order valence-corrected chi connectivity index (χ1v) is 6.23. The van der Waals surface area contributed by atoms with Crippen LogP contribution in [0.2, 0.25) is 0 Å². The molecule has 0 saturated heterocycles. The second-order valence-electron chi connectivity index (χ2n) is 4.87. The Morgan fingerprint density at radius 1 is 1.47 bits per heavy atom. The van der Waals surface area contributed by atoms with Gasteiger partial charge in [0.25, 0.3) is 0 Å². The van der Waals surface area contributed by atoms with Crippen molar-refractivity contribution in [2.75, 3.05) is 6.54 Å². The first kappa shape index (κ1) is 13.4. The van der Waals surface area contributed by atoms with Crippen molar-refractivity contribution in [3.05, 3.63) is 35.8 Å². The Kier molecular flexibility index (Phi) is 3.46. The van der Waals surface area contributed by atoms with Gasteiger partial charge in [0.15, 0.2) is 0 Å². The maximum Gasteiger partial charge on any atom is 0.250 e. The quantitative estimate of drug-likeness (QED) is 0.837. The molecule has 1 atom stereocenters. The highest BCUT2D eigenvalue weighted by molar-refractivity contribution is 5.93. The minimum atomic E-state index is -0.909. The summed E-state index contributed by atoms with van der Waals surface area (Å²) in [7, 11) is 0. The molecule has 0 saturated carbocycles. The van der Waals surface area contributed by atoms with E-state index in [4.69, 9.17) is 4.42 Å². The maximum atomic E-state index is 12.3. The number of nitrogens with one attached hydrogen (secondary N) is 1. The van der Waals surface area contributed by atoms with Crippen LogP contribution >= 0.6 is 0 Å². The molecule has 0 bridgehead atoms. The van der Waals surface area contributed by atoms with Crippen LogP contribution in [0.3, 0.4) is 0 Å². The van der Waals surface area contributed by atoms with Gasteiger partial charge in [0, 0.05) is 13.5 Å². The van der Waals surface area contributed by atoms with Crippen molar-refractivity contribution in [2.24, 2.45) is 0 Å². The summed E-state index contributed by atoms with van der Waals surface area (Å²) >= 11 is 0. The minimum absolute atomic E-state index is 0.114. The van der Waals surface area contributed by atoms with Gasteiger partial charge in [0.1, 0.15) is 17.1 Å². The van der Waals surface area contributed by atoms with Crippen LogP contribution < -0.4 is 5.32 Å². The second-order valence-corrected chi connectivity index (χ2v) is 4.87. The number of carbonyl (C=O) groups is 2. The number of carbonyl (C=O) groups excluding carboxylic acids is 2. The third-order valence-corrected chi connectivity index (χ3v) is 3.35. The monoisotopic (exact) mass is 262 g/mol. The highest BCUT2D eigenvalue weighted by Gasteiger charge is 2.41. The van der Waals surface area contributed by atoms with Crippen LogP contribution in [-0.2, 0) is 16.1 Å². The number of hydrogen-bond acceptors (Lipinski definition) is 3. The number of aryl methyl sites for hydroxylation is 1. The summed E-state index contributed by atoms with van der Waals surface area (Å²) in [4.78, 5) is 25.3. The van der Waals surface area contributed by atoms with E-state index in [1.54, 1.807) is 13.0 Å². The van der Waals surface area contributed by atoms with E-state index in [1.807, 2.05) is 25.1 Å². The van der Waals surface area contributed by atoms with E-state index in [9.17, 15) is 9.59 Å². The fraction of sp³-hybridized carbons (Fsp3) is 0.429. The van der Waals surface area contributed by atoms with E-state index in [2.05, 4.69) is 5.32 Å². The molecule has 0 radical (unpaired) electrons. The van der Waals surface area contributed by atoms with Gasteiger partial charge < -0.3 is 14.6 Å². The molecule has 2 rings (SSSR count). The van der Waals surface area contributed by atoms with E-state index in [0.717, 1.165) is 5.76 Å². The molecule has 1 aliphatic rings. The summed E-state index contributed by atoms with van der Waals surface area (Å²) in [6.45, 7) is 5.85. The van der Waals surface area contributed by atoms with E-state index in [1.165, 1.54) is 11.8 Å². The third-order valence-electron chi connectivity index (χ3n) is 3.35. The number of amides is 2. The lowest BCUT2D eigenvalue weighted by molar-refractivity contribution is -0.141. The molecule has 102 valence electrons. The summed E-state index contributed by atoms with van der Waals surface area (Å²) in [5.41, 5.74) is -0.909. The standard InChI is InChI=1S/C14H18N2O3/c1-10-5-6-12(19-10)9-15-13(18)14(3)7-4-8-16(14)11(2)17/h4-7H,8-9H2,1-3H3,(H,15,18). The van der Waals surface area contributed by atoms with Crippen molar-refractivity contribution in [3.63, 3.8) is 0 Å². The van der Waals surface area contributed by atoms with Gasteiger partial charge in [0.2, 0.25) is 11.8 Å². The van der Waals surface area contributed by atoms with E-state index >= 15 is 0 Å². The van der Waals surface area contributed by atoms with Gasteiger partial charge in [-0.15, -0.1) is 0 Å². The van der Waals surface area contributed by atoms with Crippen LogP contribution in [-0.4, -0.2) is 28.8 Å². The third kappa shape index (κ3) is 2.54. The molecule has 5 heteroatoms. The van der Waals surface area contributed by atoms with Gasteiger partial charge in [0.05, 0.1) is 6.54 Å². The van der Waals surface area contributed by atoms with E-state index in [-0.39, 0.29) is 11.8 Å². The van der Waals surface area contributed by atoms with E-state index in [0.29, 0.717) is 18.8 Å². The Labute approximate surface area is 112 Å². The molecule has 0 aromatic carbocycles. The molecule has 0 spiro atoms. The fourth-order valence-corrected chi connectivity index (χ4v) is 2.25. The van der Waals surface area contributed by atoms with Gasteiger partial charge in [-0.3, -0.25) is 9.59 Å². The number of hydrogen-bond donors (Lipinski definition) is 1. The van der Waals surface area contributed by atoms with Crippen LogP contribution in [0, 0.1) is 6.92 Å². The predicted octanol–water partition coefficient (Wildman–Crippen LogP) is 1.38. The van der Waals surface area contributed by atoms with Crippen LogP contribution in [0.25, 0.3) is 0 Å². The highest BCUT2D eigenvalue weighted by atomic mass is 16.3. The Hall–Kier alpha value is -2.04. The summed E-state index contributed by atoms with van der Waals surface area (Å²) in [6, 6.07) is 3.67. The van der Waals surface area contributed by atoms with Crippen LogP contribution in [0.4, 0.5) is 0 Å². The molecule has 1 aromatic heterocycles. The zero-order valence-electron chi connectivity index (χ0n) is 11.4. The van der Waals surface area contributed by atoms with Crippen molar-refractivity contribution in [1.82, 2.24) is 10.2 Å². The smallest absolute Gasteiger partial charge is 0.250 e. The first-order chi connectivity index (χ1) is 8.93. The lowest BCUT2D eigenvalue weighted by Gasteiger charge is -2.32. The van der Waals surface area contributed by atoms with Gasteiger partial charge in [-0.2, -0.15) is 0 Å². The van der Waals surface area contributed by atoms with Gasteiger partial charge in [-0.25, -0.2) is 0 Å². The van der Waals surface area contributed by atoms with Crippen molar-refractivity contribution < 1.29 is 14.0 Å². The zero-order chi connectivity index (χ0) is 14.0. The molecular weight excluding hydrogens is 244 g/mol. The van der Waals surface area contributed by atoms with Crippen molar-refractivity contribution >= 4 is 11.8 Å². The molecule has 2 amide bonds. The molecule has 19 heavy (non-hydrogen) atoms. The van der Waals surface area contributed by atoms with Crippen LogP contribution in [0.1, 0.15) is 25.4 Å². The SMILES string of the molecule is CC(=O)N1CC=CC1(C)C(=O)NCc1ccc(C)o1. The summed E-state index contributed by atoms with van der Waals surface area (Å²) in [6.07, 6.45) is 3.59. The topological polar surface area (TPSA) is 62.6 Å². The first-order valence-electron chi connectivity index (χ1n) is 6.23. The van der Waals surface area contributed by atoms with Gasteiger partial charge in [-0.05, 0) is 26.0 Å². The number of nitrogens with zero attached hydrogens (tertiary/aromatic N) is 1. The normalized spacial score (nSPS) is 21.7. The minimum Gasteiger partial charge on any atom is -0.465 e. The summed E-state index contributed by atoms with van der Waals surface area (Å²) < 4.78 is 5.39. The fourth-order valence-electron chi connectivity index (χ4n) is 2.25. The molecule has 5 nitrogen and oxygen atoms in total. The lowest BCUT2D eigenvalue weighted by atomic mass is 10.0. The van der Waals surface area contributed by atoms with Gasteiger partial charge in [-0.1, -0.05) is 12.2 Å². The molecule has 1 aliphatic heterocycles. The molecule has 1 unspecified atom stereocenters. The average Bonchev–Trinajstić information content (AvgIpc) is 2.93. The van der Waals surface area contributed by atoms with E-state index < -0.39 is 5.54 Å². The van der Waals surface area contributed by atoms with Gasteiger partial charge >= 0.3 is 0 Å².